The van der Waals surface area contributed by atoms with E-state index in [1.807, 2.05) is 18.6 Å². The Hall–Kier alpha value is -1.93. The fraction of sp³-hybridized carbons (Fsp3) is 0.286. The molecule has 0 unspecified atom stereocenters. The van der Waals surface area contributed by atoms with Gasteiger partial charge in [-0.25, -0.2) is 0 Å². The summed E-state index contributed by atoms with van der Waals surface area (Å²) in [5.74, 6) is 0. The maximum atomic E-state index is 4.56. The van der Waals surface area contributed by atoms with Crippen LogP contribution in [0.1, 0.15) is 16.7 Å². The molecule has 0 aromatic carbocycles. The molecule has 7 heteroatoms. The van der Waals surface area contributed by atoms with Crippen molar-refractivity contribution in [1.29, 1.82) is 0 Å². The second-order valence-electron chi connectivity index (χ2n) is 6.12. The van der Waals surface area contributed by atoms with E-state index in [2.05, 4.69) is 70.4 Å². The van der Waals surface area contributed by atoms with Gasteiger partial charge in [0.2, 0.25) is 0 Å². The molecule has 3 aromatic rings. The molecule has 0 aliphatic heterocycles. The smallest absolute Gasteiger partial charge is 0.0517 e. The number of nitrogens with zero attached hydrogens (tertiary/aromatic N) is 4. The van der Waals surface area contributed by atoms with E-state index in [0.717, 1.165) is 39.3 Å². The van der Waals surface area contributed by atoms with Crippen LogP contribution >= 0.6 is 34.0 Å². The molecule has 0 atom stereocenters. The molecule has 0 aliphatic rings. The van der Waals surface area contributed by atoms with Gasteiger partial charge >= 0.3 is 0 Å². The van der Waals surface area contributed by atoms with E-state index in [1.165, 1.54) is 16.7 Å². The van der Waals surface area contributed by atoms with Gasteiger partial charge in [0.25, 0.3) is 0 Å². The molecule has 146 valence electrons. The van der Waals surface area contributed by atoms with Gasteiger partial charge in [-0.3, -0.25) is 19.9 Å². The lowest BCUT2D eigenvalue weighted by Crippen LogP contribution is -2.31. The summed E-state index contributed by atoms with van der Waals surface area (Å²) in [5.41, 5.74) is 3.53. The summed E-state index contributed by atoms with van der Waals surface area (Å²) in [4.78, 5) is 16.1. The summed E-state index contributed by atoms with van der Waals surface area (Å²) in [7, 11) is 0. The van der Waals surface area contributed by atoms with E-state index in [-0.39, 0.29) is 0 Å². The zero-order chi connectivity index (χ0) is 19.3. The maximum absolute atomic E-state index is 4.56. The number of hydrogen-bond acceptors (Lipinski definition) is 7. The lowest BCUT2D eigenvalue weighted by Gasteiger charge is -2.19. The van der Waals surface area contributed by atoms with Gasteiger partial charge in [-0.15, -0.1) is 0 Å². The SMILES string of the molecule is C(=NCCN(CCN=Cc1ccsc1)CCN=Cc1ccsc1)c1ccsc1. The van der Waals surface area contributed by atoms with Crippen LogP contribution in [0.4, 0.5) is 0 Å². The third kappa shape index (κ3) is 7.98. The van der Waals surface area contributed by atoms with Gasteiger partial charge in [0, 0.05) is 55.0 Å². The summed E-state index contributed by atoms with van der Waals surface area (Å²) in [5, 5.41) is 12.6. The Balaban J connectivity index is 1.44. The van der Waals surface area contributed by atoms with Gasteiger partial charge < -0.3 is 0 Å². The molecule has 0 spiro atoms. The van der Waals surface area contributed by atoms with E-state index in [4.69, 9.17) is 0 Å². The molecule has 3 heterocycles. The Labute approximate surface area is 178 Å². The monoisotopic (exact) mass is 428 g/mol. The van der Waals surface area contributed by atoms with Gasteiger partial charge in [-0.2, -0.15) is 34.0 Å². The summed E-state index contributed by atoms with van der Waals surface area (Å²) < 4.78 is 0. The van der Waals surface area contributed by atoms with Gasteiger partial charge in [0.05, 0.1) is 19.6 Å². The first kappa shape index (κ1) is 20.8. The van der Waals surface area contributed by atoms with E-state index in [1.54, 1.807) is 34.0 Å². The van der Waals surface area contributed by atoms with E-state index < -0.39 is 0 Å². The van der Waals surface area contributed by atoms with Crippen LogP contribution in [-0.2, 0) is 0 Å². The van der Waals surface area contributed by atoms with E-state index in [0.29, 0.717) is 0 Å². The van der Waals surface area contributed by atoms with Crippen molar-refractivity contribution in [3.63, 3.8) is 0 Å². The van der Waals surface area contributed by atoms with Gasteiger partial charge in [0.1, 0.15) is 0 Å². The van der Waals surface area contributed by atoms with Crippen LogP contribution in [0, 0.1) is 0 Å². The molecule has 0 fully saturated rings. The van der Waals surface area contributed by atoms with Crippen molar-refractivity contribution in [3.8, 4) is 0 Å². The standard InChI is InChI=1S/C21H24N4S3/c1-10-26-16-19(1)13-22-4-7-25(8-5-23-14-20-2-11-27-17-20)9-6-24-15-21-3-12-28-18-21/h1-3,10-18H,4-9H2. The Bertz CT molecular complexity index is 720. The quantitative estimate of drug-likeness (QED) is 0.381. The van der Waals surface area contributed by atoms with Crippen molar-refractivity contribution in [2.24, 2.45) is 15.0 Å². The van der Waals surface area contributed by atoms with Crippen molar-refractivity contribution in [3.05, 3.63) is 67.2 Å². The van der Waals surface area contributed by atoms with Crippen LogP contribution in [0.3, 0.4) is 0 Å². The van der Waals surface area contributed by atoms with Crippen LogP contribution in [0.15, 0.2) is 65.5 Å². The van der Waals surface area contributed by atoms with Crippen molar-refractivity contribution in [1.82, 2.24) is 4.90 Å². The largest absolute Gasteiger partial charge is 0.298 e. The highest BCUT2D eigenvalue weighted by atomic mass is 32.1. The fourth-order valence-electron chi connectivity index (χ4n) is 2.49. The highest BCUT2D eigenvalue weighted by Gasteiger charge is 2.03. The van der Waals surface area contributed by atoms with Crippen LogP contribution in [-0.4, -0.2) is 62.8 Å². The second-order valence-corrected chi connectivity index (χ2v) is 8.46. The molecular formula is C21H24N4S3. The van der Waals surface area contributed by atoms with Gasteiger partial charge in [-0.1, -0.05) is 0 Å². The summed E-state index contributed by atoms with van der Waals surface area (Å²) in [6.45, 7) is 5.13. The number of thiophene rings is 3. The first-order valence-corrected chi connectivity index (χ1v) is 12.0. The predicted molar refractivity (Wildman–Crippen MR) is 127 cm³/mol. The second kappa shape index (κ2) is 12.5. The summed E-state index contributed by atoms with van der Waals surface area (Å²) in [6.07, 6.45) is 5.87. The minimum absolute atomic E-state index is 0.790. The van der Waals surface area contributed by atoms with E-state index in [9.17, 15) is 0 Å². The van der Waals surface area contributed by atoms with E-state index >= 15 is 0 Å². The third-order valence-corrected chi connectivity index (χ3v) is 6.09. The molecule has 0 amide bonds. The van der Waals surface area contributed by atoms with Gasteiger partial charge in [0.15, 0.2) is 0 Å². The predicted octanol–water partition coefficient (Wildman–Crippen LogP) is 4.83. The molecule has 28 heavy (non-hydrogen) atoms. The summed E-state index contributed by atoms with van der Waals surface area (Å²) >= 11 is 5.09. The topological polar surface area (TPSA) is 40.3 Å². The molecule has 4 nitrogen and oxygen atoms in total. The molecule has 0 saturated carbocycles. The minimum Gasteiger partial charge on any atom is -0.298 e. The highest BCUT2D eigenvalue weighted by molar-refractivity contribution is 7.08. The molecule has 3 rings (SSSR count). The minimum atomic E-state index is 0.790. The van der Waals surface area contributed by atoms with Crippen molar-refractivity contribution in [2.75, 3.05) is 39.3 Å². The van der Waals surface area contributed by atoms with Crippen LogP contribution in [0.2, 0.25) is 0 Å². The Morgan fingerprint density at radius 3 is 1.25 bits per heavy atom. The molecule has 0 bridgehead atoms. The van der Waals surface area contributed by atoms with Crippen LogP contribution < -0.4 is 0 Å². The number of aliphatic imine (C=N–C) groups is 3. The number of hydrogen-bond donors (Lipinski definition) is 0. The Morgan fingerprint density at radius 1 is 0.607 bits per heavy atom. The van der Waals surface area contributed by atoms with Crippen molar-refractivity contribution < 1.29 is 0 Å². The Morgan fingerprint density at radius 2 is 0.964 bits per heavy atom. The third-order valence-electron chi connectivity index (χ3n) is 3.99. The molecule has 3 aromatic heterocycles. The van der Waals surface area contributed by atoms with Crippen molar-refractivity contribution >= 4 is 52.7 Å². The first-order chi connectivity index (χ1) is 13.9. The zero-order valence-corrected chi connectivity index (χ0v) is 18.1. The average Bonchev–Trinajstić information content (AvgIpc) is 3.48. The molecule has 0 N–H and O–H groups in total. The van der Waals surface area contributed by atoms with Crippen molar-refractivity contribution in [2.45, 2.75) is 0 Å². The zero-order valence-electron chi connectivity index (χ0n) is 15.7. The van der Waals surface area contributed by atoms with Gasteiger partial charge in [-0.05, 0) is 50.5 Å². The maximum Gasteiger partial charge on any atom is 0.0517 e. The number of rotatable bonds is 12. The highest BCUT2D eigenvalue weighted by Crippen LogP contribution is 2.04. The molecular weight excluding hydrogens is 404 g/mol. The lowest BCUT2D eigenvalue weighted by molar-refractivity contribution is 0.298. The molecule has 0 aliphatic carbocycles. The molecule has 0 saturated heterocycles. The van der Waals surface area contributed by atoms with Crippen LogP contribution in [0.5, 0.6) is 0 Å². The average molecular weight is 429 g/mol. The first-order valence-electron chi connectivity index (χ1n) is 9.18. The Kier molecular flexibility index (Phi) is 9.29. The summed E-state index contributed by atoms with van der Waals surface area (Å²) in [6, 6.07) is 6.26. The fourth-order valence-corrected chi connectivity index (χ4v) is 4.32. The normalized spacial score (nSPS) is 12.3. The lowest BCUT2D eigenvalue weighted by atomic mass is 10.3. The molecule has 0 radical (unpaired) electrons. The van der Waals surface area contributed by atoms with Crippen LogP contribution in [0.25, 0.3) is 0 Å².